The number of amides is 1. The van der Waals surface area contributed by atoms with E-state index in [-0.39, 0.29) is 18.0 Å². The highest BCUT2D eigenvalue weighted by Crippen LogP contribution is 2.09. The minimum absolute atomic E-state index is 0.135. The minimum Gasteiger partial charge on any atom is -0.345 e. The molecule has 2 aromatic carbocycles. The molecular weight excluding hydrogens is 297 g/mol. The average Bonchev–Trinajstić information content (AvgIpc) is 3.02. The van der Waals surface area contributed by atoms with Crippen LogP contribution >= 0.6 is 0 Å². The molecule has 0 spiro atoms. The Bertz CT molecular complexity index is 828. The molecule has 0 unspecified atom stereocenters. The summed E-state index contributed by atoms with van der Waals surface area (Å²) in [6.07, 6.45) is 0. The van der Waals surface area contributed by atoms with Crippen LogP contribution in [0.1, 0.15) is 21.7 Å². The standard InChI is InChI=1S/C16H14FN5O/c1-11-5-7-14(8-6-11)22-15(19-20-21-22)10-18-16(23)12-3-2-4-13(17)9-12/h2-9H,10H2,1H3,(H,18,23). The highest BCUT2D eigenvalue weighted by molar-refractivity contribution is 5.94. The van der Waals surface area contributed by atoms with Gasteiger partial charge in [-0.1, -0.05) is 23.8 Å². The lowest BCUT2D eigenvalue weighted by atomic mass is 10.2. The van der Waals surface area contributed by atoms with Crippen molar-refractivity contribution in [2.45, 2.75) is 13.5 Å². The van der Waals surface area contributed by atoms with Crippen molar-refractivity contribution >= 4 is 5.91 Å². The lowest BCUT2D eigenvalue weighted by molar-refractivity contribution is 0.0949. The Morgan fingerprint density at radius 3 is 2.74 bits per heavy atom. The van der Waals surface area contributed by atoms with E-state index in [2.05, 4.69) is 20.8 Å². The molecule has 1 amide bonds. The van der Waals surface area contributed by atoms with Crippen molar-refractivity contribution in [2.24, 2.45) is 0 Å². The molecule has 1 aromatic heterocycles. The summed E-state index contributed by atoms with van der Waals surface area (Å²) in [6.45, 7) is 2.12. The van der Waals surface area contributed by atoms with Gasteiger partial charge in [-0.3, -0.25) is 4.79 Å². The highest BCUT2D eigenvalue weighted by Gasteiger charge is 2.11. The maximum atomic E-state index is 13.1. The van der Waals surface area contributed by atoms with Crippen LogP contribution < -0.4 is 5.32 Å². The number of aryl methyl sites for hydroxylation is 1. The summed E-state index contributed by atoms with van der Waals surface area (Å²) in [6, 6.07) is 13.2. The number of hydrogen-bond donors (Lipinski definition) is 1. The quantitative estimate of drug-likeness (QED) is 0.800. The molecule has 0 aliphatic carbocycles. The topological polar surface area (TPSA) is 72.7 Å². The van der Waals surface area contributed by atoms with E-state index in [0.717, 1.165) is 11.3 Å². The largest absolute Gasteiger partial charge is 0.345 e. The van der Waals surface area contributed by atoms with Crippen LogP contribution in [0.2, 0.25) is 0 Å². The average molecular weight is 311 g/mol. The van der Waals surface area contributed by atoms with Gasteiger partial charge < -0.3 is 5.32 Å². The zero-order valence-corrected chi connectivity index (χ0v) is 12.4. The van der Waals surface area contributed by atoms with E-state index in [1.165, 1.54) is 18.2 Å². The van der Waals surface area contributed by atoms with Gasteiger partial charge in [-0.2, -0.15) is 4.68 Å². The molecule has 0 saturated carbocycles. The Morgan fingerprint density at radius 1 is 1.22 bits per heavy atom. The first-order valence-electron chi connectivity index (χ1n) is 7.01. The van der Waals surface area contributed by atoms with Crippen molar-refractivity contribution in [3.63, 3.8) is 0 Å². The number of carbonyl (C=O) groups excluding carboxylic acids is 1. The van der Waals surface area contributed by atoms with Crippen molar-refractivity contribution in [2.75, 3.05) is 0 Å². The number of tetrazole rings is 1. The molecular formula is C16H14FN5O. The number of nitrogens with one attached hydrogen (secondary N) is 1. The van der Waals surface area contributed by atoms with Gasteiger partial charge in [0.15, 0.2) is 5.82 Å². The second kappa shape index (κ2) is 6.35. The Hall–Kier alpha value is -3.09. The first-order chi connectivity index (χ1) is 11.1. The number of benzene rings is 2. The van der Waals surface area contributed by atoms with E-state index in [9.17, 15) is 9.18 Å². The van der Waals surface area contributed by atoms with Gasteiger partial charge in [0, 0.05) is 5.56 Å². The van der Waals surface area contributed by atoms with E-state index < -0.39 is 5.82 Å². The van der Waals surface area contributed by atoms with Gasteiger partial charge in [0.2, 0.25) is 0 Å². The summed E-state index contributed by atoms with van der Waals surface area (Å²) in [4.78, 5) is 12.0. The van der Waals surface area contributed by atoms with E-state index in [4.69, 9.17) is 0 Å². The monoisotopic (exact) mass is 311 g/mol. The Balaban J connectivity index is 1.73. The van der Waals surface area contributed by atoms with Crippen molar-refractivity contribution in [1.82, 2.24) is 25.5 Å². The molecule has 23 heavy (non-hydrogen) atoms. The van der Waals surface area contributed by atoms with Gasteiger partial charge in [-0.25, -0.2) is 4.39 Å². The van der Waals surface area contributed by atoms with Gasteiger partial charge in [0.25, 0.3) is 5.91 Å². The van der Waals surface area contributed by atoms with Gasteiger partial charge in [0.05, 0.1) is 12.2 Å². The Kier molecular flexibility index (Phi) is 4.09. The fraction of sp³-hybridized carbons (Fsp3) is 0.125. The van der Waals surface area contributed by atoms with Gasteiger partial charge in [-0.15, -0.1) is 5.10 Å². The minimum atomic E-state index is -0.456. The first-order valence-corrected chi connectivity index (χ1v) is 7.01. The van der Waals surface area contributed by atoms with Gasteiger partial charge in [-0.05, 0) is 47.7 Å². The van der Waals surface area contributed by atoms with Crippen molar-refractivity contribution in [1.29, 1.82) is 0 Å². The number of halogens is 1. The summed E-state index contributed by atoms with van der Waals surface area (Å²) in [5.41, 5.74) is 2.18. The van der Waals surface area contributed by atoms with E-state index in [1.807, 2.05) is 31.2 Å². The molecule has 3 aromatic rings. The molecule has 0 fully saturated rings. The second-order valence-corrected chi connectivity index (χ2v) is 5.04. The third-order valence-corrected chi connectivity index (χ3v) is 3.31. The van der Waals surface area contributed by atoms with Crippen LogP contribution in [-0.4, -0.2) is 26.1 Å². The Morgan fingerprint density at radius 2 is 2.00 bits per heavy atom. The van der Waals surface area contributed by atoms with Crippen LogP contribution in [0.25, 0.3) is 5.69 Å². The van der Waals surface area contributed by atoms with Crippen LogP contribution in [0.15, 0.2) is 48.5 Å². The molecule has 0 saturated heterocycles. The predicted octanol–water partition coefficient (Wildman–Crippen LogP) is 2.04. The zero-order valence-electron chi connectivity index (χ0n) is 12.4. The van der Waals surface area contributed by atoms with Crippen LogP contribution in [0.5, 0.6) is 0 Å². The summed E-state index contributed by atoms with van der Waals surface area (Å²) in [5, 5.41) is 14.2. The third-order valence-electron chi connectivity index (χ3n) is 3.31. The van der Waals surface area contributed by atoms with Crippen LogP contribution in [0, 0.1) is 12.7 Å². The molecule has 0 aliphatic heterocycles. The molecule has 1 heterocycles. The number of aromatic nitrogens is 4. The lowest BCUT2D eigenvalue weighted by Crippen LogP contribution is -2.24. The molecule has 0 bridgehead atoms. The molecule has 0 radical (unpaired) electrons. The van der Waals surface area contributed by atoms with Crippen LogP contribution in [0.4, 0.5) is 4.39 Å². The number of rotatable bonds is 4. The van der Waals surface area contributed by atoms with Gasteiger partial charge >= 0.3 is 0 Å². The fourth-order valence-electron chi connectivity index (χ4n) is 2.09. The molecule has 6 nitrogen and oxygen atoms in total. The molecule has 1 N–H and O–H groups in total. The SMILES string of the molecule is Cc1ccc(-n2nnnc2CNC(=O)c2cccc(F)c2)cc1. The van der Waals surface area contributed by atoms with Gasteiger partial charge in [0.1, 0.15) is 5.82 Å². The second-order valence-electron chi connectivity index (χ2n) is 5.04. The predicted molar refractivity (Wildman–Crippen MR) is 81.5 cm³/mol. The molecule has 0 aliphatic rings. The fourth-order valence-corrected chi connectivity index (χ4v) is 2.09. The maximum absolute atomic E-state index is 13.1. The highest BCUT2D eigenvalue weighted by atomic mass is 19.1. The summed E-state index contributed by atoms with van der Waals surface area (Å²) in [7, 11) is 0. The lowest BCUT2D eigenvalue weighted by Gasteiger charge is -2.07. The summed E-state index contributed by atoms with van der Waals surface area (Å²) in [5.74, 6) is -0.358. The molecule has 116 valence electrons. The summed E-state index contributed by atoms with van der Waals surface area (Å²) < 4.78 is 14.7. The van der Waals surface area contributed by atoms with E-state index in [0.29, 0.717) is 5.82 Å². The Labute approximate surface area is 132 Å². The number of nitrogens with zero attached hydrogens (tertiary/aromatic N) is 4. The molecule has 0 atom stereocenters. The van der Waals surface area contributed by atoms with Crippen molar-refractivity contribution in [3.8, 4) is 5.69 Å². The zero-order chi connectivity index (χ0) is 16.2. The van der Waals surface area contributed by atoms with E-state index in [1.54, 1.807) is 10.7 Å². The molecule has 7 heteroatoms. The number of carbonyl (C=O) groups is 1. The number of hydrogen-bond acceptors (Lipinski definition) is 4. The van der Waals surface area contributed by atoms with Crippen LogP contribution in [-0.2, 0) is 6.54 Å². The molecule has 3 rings (SSSR count). The van der Waals surface area contributed by atoms with E-state index >= 15 is 0 Å². The van der Waals surface area contributed by atoms with Crippen molar-refractivity contribution in [3.05, 3.63) is 71.3 Å². The van der Waals surface area contributed by atoms with Crippen LogP contribution in [0.3, 0.4) is 0 Å². The first kappa shape index (κ1) is 14.8. The van der Waals surface area contributed by atoms with Crippen molar-refractivity contribution < 1.29 is 9.18 Å². The smallest absolute Gasteiger partial charge is 0.251 e. The third kappa shape index (κ3) is 3.39. The normalized spacial score (nSPS) is 10.5. The summed E-state index contributed by atoms with van der Waals surface area (Å²) >= 11 is 0. The maximum Gasteiger partial charge on any atom is 0.251 e.